The van der Waals surface area contributed by atoms with Gasteiger partial charge in [-0.05, 0) is 36.2 Å². The van der Waals surface area contributed by atoms with Crippen LogP contribution in [0.15, 0.2) is 61.2 Å². The van der Waals surface area contributed by atoms with Crippen molar-refractivity contribution >= 4 is 0 Å². The van der Waals surface area contributed by atoms with E-state index in [-0.39, 0.29) is 11.1 Å². The maximum Gasteiger partial charge on any atom is 0.0914 e. The normalized spacial score (nSPS) is 31.1. The van der Waals surface area contributed by atoms with Crippen LogP contribution in [0.3, 0.4) is 0 Å². The average molecular weight is 247 g/mol. The Labute approximate surface area is 114 Å². The molecule has 1 heteroatoms. The summed E-state index contributed by atoms with van der Waals surface area (Å²) in [5, 5.41) is 0. The number of nitrogens with zero attached hydrogens (tertiary/aromatic N) is 1. The lowest BCUT2D eigenvalue weighted by Crippen LogP contribution is -2.39. The molecule has 0 fully saturated rings. The molecule has 2 bridgehead atoms. The fourth-order valence-corrected chi connectivity index (χ4v) is 4.20. The zero-order valence-corrected chi connectivity index (χ0v) is 11.4. The van der Waals surface area contributed by atoms with Crippen LogP contribution in [0.1, 0.15) is 29.2 Å². The van der Waals surface area contributed by atoms with Crippen molar-refractivity contribution in [2.24, 2.45) is 0 Å². The molecule has 19 heavy (non-hydrogen) atoms. The van der Waals surface area contributed by atoms with Crippen molar-refractivity contribution in [1.29, 1.82) is 0 Å². The Morgan fingerprint density at radius 2 is 1.32 bits per heavy atom. The highest BCUT2D eigenvalue weighted by atomic mass is 15.3. The third-order valence-electron chi connectivity index (χ3n) is 5.22. The molecule has 0 radical (unpaired) electrons. The second-order valence-electron chi connectivity index (χ2n) is 5.69. The molecule has 0 saturated heterocycles. The van der Waals surface area contributed by atoms with Crippen LogP contribution in [0.2, 0.25) is 0 Å². The van der Waals surface area contributed by atoms with E-state index in [1.165, 1.54) is 22.3 Å². The number of benzene rings is 2. The van der Waals surface area contributed by atoms with Gasteiger partial charge in [0.2, 0.25) is 0 Å². The van der Waals surface area contributed by atoms with E-state index < -0.39 is 0 Å². The largest absolute Gasteiger partial charge is 0.276 e. The molecule has 0 spiro atoms. The molecule has 2 aliphatic rings. The maximum atomic E-state index is 4.15. The van der Waals surface area contributed by atoms with E-state index in [9.17, 15) is 0 Å². The second kappa shape index (κ2) is 3.17. The van der Waals surface area contributed by atoms with Gasteiger partial charge < -0.3 is 0 Å². The van der Waals surface area contributed by atoms with Gasteiger partial charge in [-0.25, -0.2) is 0 Å². The molecule has 0 atom stereocenters. The van der Waals surface area contributed by atoms with E-state index in [2.05, 4.69) is 80.1 Å². The Kier molecular flexibility index (Phi) is 1.84. The summed E-state index contributed by atoms with van der Waals surface area (Å²) >= 11 is 0. The molecule has 2 aliphatic heterocycles. The quantitative estimate of drug-likeness (QED) is 0.695. The molecular weight excluding hydrogens is 230 g/mol. The van der Waals surface area contributed by atoms with Gasteiger partial charge in [-0.15, -0.1) is 6.58 Å². The third kappa shape index (κ3) is 0.923. The van der Waals surface area contributed by atoms with Crippen molar-refractivity contribution in [1.82, 2.24) is 4.90 Å². The first-order chi connectivity index (χ1) is 9.17. The predicted molar refractivity (Wildman–Crippen MR) is 78.1 cm³/mol. The number of rotatable bonds is 1. The molecule has 0 N–H and O–H groups in total. The van der Waals surface area contributed by atoms with Crippen molar-refractivity contribution in [2.45, 2.75) is 18.0 Å². The van der Waals surface area contributed by atoms with Gasteiger partial charge in [0.15, 0.2) is 0 Å². The summed E-state index contributed by atoms with van der Waals surface area (Å²) in [5.74, 6) is 0. The fraction of sp³-hybridized carbons (Fsp3) is 0.222. The highest BCUT2D eigenvalue weighted by Gasteiger charge is 2.61. The van der Waals surface area contributed by atoms with E-state index in [4.69, 9.17) is 0 Å². The summed E-state index contributed by atoms with van der Waals surface area (Å²) in [6.45, 7) is 6.47. The van der Waals surface area contributed by atoms with Crippen molar-refractivity contribution in [3.05, 3.63) is 83.4 Å². The molecule has 1 nitrogen and oxygen atoms in total. The first-order valence-electron chi connectivity index (χ1n) is 6.75. The Hall–Kier alpha value is -1.86. The van der Waals surface area contributed by atoms with Gasteiger partial charge in [0.25, 0.3) is 0 Å². The molecule has 0 saturated carbocycles. The topological polar surface area (TPSA) is 3.24 Å². The lowest BCUT2D eigenvalue weighted by molar-refractivity contribution is 0.158. The lowest BCUT2D eigenvalue weighted by Gasteiger charge is -2.33. The molecule has 0 amide bonds. The summed E-state index contributed by atoms with van der Waals surface area (Å²) in [5.41, 5.74) is 5.39. The minimum atomic E-state index is -0.165. The van der Waals surface area contributed by atoms with Crippen LogP contribution in [0.5, 0.6) is 0 Å². The van der Waals surface area contributed by atoms with E-state index in [0.29, 0.717) is 0 Å². The van der Waals surface area contributed by atoms with E-state index in [0.717, 1.165) is 0 Å². The highest BCUT2D eigenvalue weighted by molar-refractivity contribution is 5.66. The average Bonchev–Trinajstić information content (AvgIpc) is 2.79. The lowest BCUT2D eigenvalue weighted by atomic mass is 9.73. The van der Waals surface area contributed by atoms with E-state index in [1.54, 1.807) is 0 Å². The van der Waals surface area contributed by atoms with Crippen LogP contribution in [0.25, 0.3) is 0 Å². The van der Waals surface area contributed by atoms with Crippen LogP contribution in [0, 0.1) is 0 Å². The van der Waals surface area contributed by atoms with E-state index >= 15 is 0 Å². The molecule has 2 heterocycles. The zero-order chi connectivity index (χ0) is 13.3. The highest BCUT2D eigenvalue weighted by Crippen LogP contribution is 2.62. The molecule has 0 aliphatic carbocycles. The SMILES string of the molecule is C=CC12c3ccccc3C(C)(c3ccccc31)N2C. The first kappa shape index (κ1) is 11.0. The number of fused-ring (bicyclic) bond motifs is 8. The summed E-state index contributed by atoms with van der Waals surface area (Å²) in [6, 6.07) is 17.5. The van der Waals surface area contributed by atoms with E-state index in [1.807, 2.05) is 0 Å². The van der Waals surface area contributed by atoms with Crippen molar-refractivity contribution < 1.29 is 0 Å². The van der Waals surface area contributed by atoms with Gasteiger partial charge in [-0.2, -0.15) is 0 Å². The summed E-state index contributed by atoms with van der Waals surface area (Å²) < 4.78 is 0. The summed E-state index contributed by atoms with van der Waals surface area (Å²) in [7, 11) is 2.21. The summed E-state index contributed by atoms with van der Waals surface area (Å²) in [4.78, 5) is 2.46. The van der Waals surface area contributed by atoms with Gasteiger partial charge in [0.05, 0.1) is 11.1 Å². The van der Waals surface area contributed by atoms with Gasteiger partial charge in [0.1, 0.15) is 0 Å². The monoisotopic (exact) mass is 247 g/mol. The third-order valence-corrected chi connectivity index (χ3v) is 5.22. The van der Waals surface area contributed by atoms with Crippen LogP contribution in [-0.4, -0.2) is 11.9 Å². The van der Waals surface area contributed by atoms with Gasteiger partial charge in [0, 0.05) is 0 Å². The van der Waals surface area contributed by atoms with Crippen LogP contribution in [0.4, 0.5) is 0 Å². The molecular formula is C18H17N. The Morgan fingerprint density at radius 1 is 0.895 bits per heavy atom. The molecule has 0 unspecified atom stereocenters. The fourth-order valence-electron chi connectivity index (χ4n) is 4.20. The number of likely N-dealkylation sites (N-methyl/N-ethyl adjacent to an activating group) is 1. The number of hydrogen-bond donors (Lipinski definition) is 0. The molecule has 94 valence electrons. The smallest absolute Gasteiger partial charge is 0.0914 e. The number of hydrogen-bond acceptors (Lipinski definition) is 1. The van der Waals surface area contributed by atoms with Crippen LogP contribution < -0.4 is 0 Å². The van der Waals surface area contributed by atoms with Gasteiger partial charge >= 0.3 is 0 Å². The zero-order valence-electron chi connectivity index (χ0n) is 11.4. The molecule has 0 aromatic heterocycles. The maximum absolute atomic E-state index is 4.15. The Bertz CT molecular complexity index is 651. The predicted octanol–water partition coefficient (Wildman–Crippen LogP) is 3.64. The second-order valence-corrected chi connectivity index (χ2v) is 5.69. The van der Waals surface area contributed by atoms with Crippen molar-refractivity contribution in [3.8, 4) is 0 Å². The van der Waals surface area contributed by atoms with Gasteiger partial charge in [-0.1, -0.05) is 54.6 Å². The molecule has 4 rings (SSSR count). The van der Waals surface area contributed by atoms with Crippen molar-refractivity contribution in [2.75, 3.05) is 7.05 Å². The van der Waals surface area contributed by atoms with Crippen molar-refractivity contribution in [3.63, 3.8) is 0 Å². The Morgan fingerprint density at radius 3 is 1.74 bits per heavy atom. The Balaban J connectivity index is 2.20. The minimum absolute atomic E-state index is 0.0403. The van der Waals surface area contributed by atoms with Gasteiger partial charge in [-0.3, -0.25) is 4.90 Å². The molecule has 2 aromatic rings. The first-order valence-corrected chi connectivity index (χ1v) is 6.75. The molecule has 2 aromatic carbocycles. The standard InChI is InChI=1S/C18H17N/c1-4-18-15-11-7-5-9-13(15)17(2,19(18)3)14-10-6-8-12-16(14)18/h4-12H,1H2,2-3H3. The summed E-state index contributed by atoms with van der Waals surface area (Å²) in [6.07, 6.45) is 2.10. The minimum Gasteiger partial charge on any atom is -0.276 e. The van der Waals surface area contributed by atoms with Crippen LogP contribution in [-0.2, 0) is 11.1 Å². The van der Waals surface area contributed by atoms with Crippen LogP contribution >= 0.6 is 0 Å².